The molecule has 1 N–H and O–H groups in total. The van der Waals surface area contributed by atoms with E-state index in [1.165, 1.54) is 6.07 Å². The lowest BCUT2D eigenvalue weighted by atomic mass is 10.1. The molecular weight excluding hydrogens is 319 g/mol. The van der Waals surface area contributed by atoms with Gasteiger partial charge in [0.15, 0.2) is 0 Å². The molecule has 25 heavy (non-hydrogen) atoms. The molecule has 0 radical (unpaired) electrons. The molecule has 1 fully saturated rings. The monoisotopic (exact) mass is 342 g/mol. The number of rotatable bonds is 4. The van der Waals surface area contributed by atoms with Crippen LogP contribution in [0.25, 0.3) is 0 Å². The maximum Gasteiger partial charge on any atom is 0.219 e. The number of anilines is 2. The molecule has 0 atom stereocenters. The van der Waals surface area contributed by atoms with Crippen LogP contribution in [-0.2, 0) is 11.3 Å². The lowest BCUT2D eigenvalue weighted by molar-refractivity contribution is -0.130. The van der Waals surface area contributed by atoms with Crippen LogP contribution in [0.3, 0.4) is 0 Å². The average molecular weight is 342 g/mol. The van der Waals surface area contributed by atoms with Crippen LogP contribution >= 0.6 is 0 Å². The molecule has 0 saturated carbocycles. The number of nitrogens with zero attached hydrogens (tertiary/aromatic N) is 3. The van der Waals surface area contributed by atoms with Crippen molar-refractivity contribution >= 4 is 17.3 Å². The van der Waals surface area contributed by atoms with Crippen molar-refractivity contribution in [1.29, 1.82) is 0 Å². The van der Waals surface area contributed by atoms with E-state index in [4.69, 9.17) is 0 Å². The fourth-order valence-electron chi connectivity index (χ4n) is 3.00. The van der Waals surface area contributed by atoms with Gasteiger partial charge in [-0.15, -0.1) is 0 Å². The quantitative estimate of drug-likeness (QED) is 0.928. The summed E-state index contributed by atoms with van der Waals surface area (Å²) in [4.78, 5) is 19.7. The van der Waals surface area contributed by atoms with E-state index >= 15 is 0 Å². The van der Waals surface area contributed by atoms with E-state index < -0.39 is 0 Å². The predicted molar refractivity (Wildman–Crippen MR) is 96.2 cm³/mol. The summed E-state index contributed by atoms with van der Waals surface area (Å²) in [5.41, 5.74) is 3.40. The molecule has 1 saturated heterocycles. The Kier molecular flexibility index (Phi) is 5.28. The van der Waals surface area contributed by atoms with E-state index in [0.717, 1.165) is 43.1 Å². The van der Waals surface area contributed by atoms with Gasteiger partial charge in [-0.05, 0) is 42.8 Å². The maximum absolute atomic E-state index is 14.0. The lowest BCUT2D eigenvalue weighted by Gasteiger charge is -2.34. The van der Waals surface area contributed by atoms with Crippen LogP contribution in [0.1, 0.15) is 18.2 Å². The van der Waals surface area contributed by atoms with Gasteiger partial charge in [0.25, 0.3) is 0 Å². The van der Waals surface area contributed by atoms with Crippen LogP contribution < -0.4 is 5.32 Å². The minimum atomic E-state index is -0.262. The number of halogens is 1. The molecule has 1 aliphatic heterocycles. The Bertz CT molecular complexity index is 740. The summed E-state index contributed by atoms with van der Waals surface area (Å²) in [5, 5.41) is 3.20. The normalized spacial score (nSPS) is 15.2. The largest absolute Gasteiger partial charge is 0.354 e. The standard InChI is InChI=1S/C19H23FN4O/c1-14-3-4-18(12-21-14)22-19-10-16(9-17(20)11-19)13-23-5-7-24(8-6-23)15(2)25/h3-4,9-12,22H,5-8,13H2,1-2H3. The molecule has 1 amide bonds. The molecule has 0 spiro atoms. The molecular formula is C19H23FN4O. The number of carbonyl (C=O) groups excluding carboxylic acids is 1. The van der Waals surface area contributed by atoms with E-state index in [9.17, 15) is 9.18 Å². The number of nitrogens with one attached hydrogen (secondary N) is 1. The van der Waals surface area contributed by atoms with Gasteiger partial charge in [-0.2, -0.15) is 0 Å². The smallest absolute Gasteiger partial charge is 0.219 e. The first-order valence-electron chi connectivity index (χ1n) is 8.46. The lowest BCUT2D eigenvalue weighted by Crippen LogP contribution is -2.47. The molecule has 1 aliphatic rings. The maximum atomic E-state index is 14.0. The van der Waals surface area contributed by atoms with Crippen LogP contribution in [0.5, 0.6) is 0 Å². The molecule has 3 rings (SSSR count). The number of aromatic nitrogens is 1. The summed E-state index contributed by atoms with van der Waals surface area (Å²) < 4.78 is 14.0. The van der Waals surface area contributed by atoms with Gasteiger partial charge in [-0.25, -0.2) is 4.39 Å². The minimum absolute atomic E-state index is 0.114. The van der Waals surface area contributed by atoms with E-state index in [-0.39, 0.29) is 11.7 Å². The average Bonchev–Trinajstić information content (AvgIpc) is 2.57. The number of hydrogen-bond donors (Lipinski definition) is 1. The first-order valence-corrected chi connectivity index (χ1v) is 8.46. The van der Waals surface area contributed by atoms with Crippen molar-refractivity contribution in [3.8, 4) is 0 Å². The van der Waals surface area contributed by atoms with Crippen LogP contribution in [0, 0.1) is 12.7 Å². The van der Waals surface area contributed by atoms with Gasteiger partial charge in [-0.3, -0.25) is 14.7 Å². The summed E-state index contributed by atoms with van der Waals surface area (Å²) in [5.74, 6) is -0.147. The summed E-state index contributed by atoms with van der Waals surface area (Å²) in [6, 6.07) is 8.85. The molecule has 1 aromatic carbocycles. The van der Waals surface area contributed by atoms with Crippen LogP contribution in [-0.4, -0.2) is 46.9 Å². The molecule has 6 heteroatoms. The fraction of sp³-hybridized carbons (Fsp3) is 0.368. The van der Waals surface area contributed by atoms with Gasteiger partial charge < -0.3 is 10.2 Å². The van der Waals surface area contributed by atoms with Crippen LogP contribution in [0.2, 0.25) is 0 Å². The number of aryl methyl sites for hydroxylation is 1. The molecule has 132 valence electrons. The second-order valence-corrected chi connectivity index (χ2v) is 6.44. The second kappa shape index (κ2) is 7.61. The SMILES string of the molecule is CC(=O)N1CCN(Cc2cc(F)cc(Nc3ccc(C)nc3)c2)CC1. The number of piperazine rings is 1. The Labute approximate surface area is 147 Å². The number of amides is 1. The highest BCUT2D eigenvalue weighted by molar-refractivity contribution is 5.73. The molecule has 2 aromatic rings. The number of benzene rings is 1. The Morgan fingerprint density at radius 2 is 1.92 bits per heavy atom. The topological polar surface area (TPSA) is 48.5 Å². The van der Waals surface area contributed by atoms with Crippen LogP contribution in [0.4, 0.5) is 15.8 Å². The summed E-state index contributed by atoms with van der Waals surface area (Å²) in [6.45, 7) is 7.26. The Morgan fingerprint density at radius 1 is 1.16 bits per heavy atom. The van der Waals surface area contributed by atoms with Gasteiger partial charge in [0.2, 0.25) is 5.91 Å². The Hall–Kier alpha value is -2.47. The van der Waals surface area contributed by atoms with Gasteiger partial charge in [-0.1, -0.05) is 0 Å². The summed E-state index contributed by atoms with van der Waals surface area (Å²) in [6.07, 6.45) is 1.74. The van der Waals surface area contributed by atoms with Crippen LogP contribution in [0.15, 0.2) is 36.5 Å². The molecule has 0 unspecified atom stereocenters. The highest BCUT2D eigenvalue weighted by Gasteiger charge is 2.18. The molecule has 0 aliphatic carbocycles. The fourth-order valence-corrected chi connectivity index (χ4v) is 3.00. The van der Waals surface area contributed by atoms with Crippen molar-refractivity contribution in [3.05, 3.63) is 53.6 Å². The van der Waals surface area contributed by atoms with Crippen molar-refractivity contribution in [2.45, 2.75) is 20.4 Å². The summed E-state index contributed by atoms with van der Waals surface area (Å²) in [7, 11) is 0. The summed E-state index contributed by atoms with van der Waals surface area (Å²) >= 11 is 0. The van der Waals surface area contributed by atoms with Crippen molar-refractivity contribution in [2.24, 2.45) is 0 Å². The number of pyridine rings is 1. The van der Waals surface area contributed by atoms with Crippen molar-refractivity contribution < 1.29 is 9.18 Å². The zero-order chi connectivity index (χ0) is 17.8. The Morgan fingerprint density at radius 3 is 2.56 bits per heavy atom. The van der Waals surface area contributed by atoms with Gasteiger partial charge in [0.05, 0.1) is 11.9 Å². The van der Waals surface area contributed by atoms with E-state index in [0.29, 0.717) is 12.2 Å². The van der Waals surface area contributed by atoms with Gasteiger partial charge >= 0.3 is 0 Å². The van der Waals surface area contributed by atoms with Crippen molar-refractivity contribution in [2.75, 3.05) is 31.5 Å². The predicted octanol–water partition coefficient (Wildman–Crippen LogP) is 2.94. The first-order chi connectivity index (χ1) is 12.0. The molecule has 5 nitrogen and oxygen atoms in total. The van der Waals surface area contributed by atoms with E-state index in [2.05, 4.69) is 15.2 Å². The number of carbonyl (C=O) groups is 1. The van der Waals surface area contributed by atoms with Gasteiger partial charge in [0.1, 0.15) is 5.82 Å². The molecule has 0 bridgehead atoms. The molecule has 2 heterocycles. The third-order valence-electron chi connectivity index (χ3n) is 4.38. The zero-order valence-electron chi connectivity index (χ0n) is 14.6. The minimum Gasteiger partial charge on any atom is -0.354 e. The highest BCUT2D eigenvalue weighted by Crippen LogP contribution is 2.20. The second-order valence-electron chi connectivity index (χ2n) is 6.44. The molecule has 1 aromatic heterocycles. The van der Waals surface area contributed by atoms with Crippen molar-refractivity contribution in [3.63, 3.8) is 0 Å². The van der Waals surface area contributed by atoms with Gasteiger partial charge in [0, 0.05) is 51.0 Å². The number of hydrogen-bond acceptors (Lipinski definition) is 4. The third-order valence-corrected chi connectivity index (χ3v) is 4.38. The van der Waals surface area contributed by atoms with Crippen molar-refractivity contribution in [1.82, 2.24) is 14.8 Å². The van der Waals surface area contributed by atoms with E-state index in [1.54, 1.807) is 19.2 Å². The highest BCUT2D eigenvalue weighted by atomic mass is 19.1. The van der Waals surface area contributed by atoms with E-state index in [1.807, 2.05) is 30.0 Å². The Balaban J connectivity index is 1.65. The first kappa shape index (κ1) is 17.4. The zero-order valence-corrected chi connectivity index (χ0v) is 14.6. The third kappa shape index (κ3) is 4.76.